The van der Waals surface area contributed by atoms with E-state index in [-0.39, 0.29) is 30.4 Å². The summed E-state index contributed by atoms with van der Waals surface area (Å²) in [7, 11) is 1.34. The Hall–Kier alpha value is -3.85. The lowest BCUT2D eigenvalue weighted by Gasteiger charge is -2.14. The third-order valence-electron chi connectivity index (χ3n) is 5.13. The van der Waals surface area contributed by atoms with Crippen LogP contribution in [0.1, 0.15) is 22.6 Å². The Morgan fingerprint density at radius 1 is 1.00 bits per heavy atom. The quantitative estimate of drug-likeness (QED) is 0.614. The summed E-state index contributed by atoms with van der Waals surface area (Å²) in [5.41, 5.74) is 4.75. The van der Waals surface area contributed by atoms with Gasteiger partial charge in [-0.1, -0.05) is 60.4 Å². The minimum Gasteiger partial charge on any atom is -0.495 e. The third kappa shape index (κ3) is 4.22. The summed E-state index contributed by atoms with van der Waals surface area (Å²) in [6.07, 6.45) is -0.603. The molecule has 6 heteroatoms. The molecule has 0 fully saturated rings. The number of hydrogen-bond donors (Lipinski definition) is 1. The molecule has 0 unspecified atom stereocenters. The molecule has 156 valence electrons. The molecule has 31 heavy (non-hydrogen) atoms. The molecule has 3 aromatic carbocycles. The Bertz CT molecular complexity index is 1150. The maximum Gasteiger partial charge on any atom is 0.407 e. The number of rotatable bonds is 4. The van der Waals surface area contributed by atoms with E-state index in [0.29, 0.717) is 0 Å². The molecule has 1 aliphatic rings. The van der Waals surface area contributed by atoms with Gasteiger partial charge in [-0.05, 0) is 28.3 Å². The van der Waals surface area contributed by atoms with Crippen LogP contribution in [0, 0.1) is 23.5 Å². The summed E-state index contributed by atoms with van der Waals surface area (Å²) in [5, 5.41) is 2.54. The standard InChI is InChI=1S/C25H19F2NO3/c1-30-24-14-23(27)22(26)13-16(24)7-6-12-28-25(29)31-15-21-19-10-4-2-8-17(19)18-9-3-5-11-20(18)21/h2-5,8-11,13-14,21H,12,15H2,1H3,(H,28,29). The number of alkyl carbamates (subject to hydrolysis) is 1. The van der Waals surface area contributed by atoms with Crippen LogP contribution in [0.3, 0.4) is 0 Å². The highest BCUT2D eigenvalue weighted by atomic mass is 19.2. The molecule has 4 nitrogen and oxygen atoms in total. The molecule has 0 radical (unpaired) electrons. The van der Waals surface area contributed by atoms with E-state index in [2.05, 4.69) is 29.3 Å². The molecule has 0 aromatic heterocycles. The van der Waals surface area contributed by atoms with Crippen molar-refractivity contribution >= 4 is 6.09 Å². The molecule has 1 aliphatic carbocycles. The number of ether oxygens (including phenoxy) is 2. The molecule has 1 amide bonds. The Morgan fingerprint density at radius 3 is 2.26 bits per heavy atom. The highest BCUT2D eigenvalue weighted by molar-refractivity contribution is 5.79. The van der Waals surface area contributed by atoms with E-state index >= 15 is 0 Å². The van der Waals surface area contributed by atoms with Crippen molar-refractivity contribution in [3.8, 4) is 28.7 Å². The number of carbonyl (C=O) groups excluding carboxylic acids is 1. The van der Waals surface area contributed by atoms with Gasteiger partial charge in [0.25, 0.3) is 0 Å². The van der Waals surface area contributed by atoms with Crippen LogP contribution in [0.4, 0.5) is 13.6 Å². The van der Waals surface area contributed by atoms with E-state index in [0.717, 1.165) is 34.4 Å². The summed E-state index contributed by atoms with van der Waals surface area (Å²) >= 11 is 0. The lowest BCUT2D eigenvalue weighted by atomic mass is 9.98. The summed E-state index contributed by atoms with van der Waals surface area (Å²) < 4.78 is 37.1. The molecule has 0 spiro atoms. The van der Waals surface area contributed by atoms with Crippen molar-refractivity contribution in [3.05, 3.63) is 89.0 Å². The lowest BCUT2D eigenvalue weighted by Crippen LogP contribution is -2.26. The minimum atomic E-state index is -1.02. The molecule has 0 saturated carbocycles. The summed E-state index contributed by atoms with van der Waals surface area (Å²) in [6.45, 7) is 0.184. The minimum absolute atomic E-state index is 0.0151. The number of nitrogens with one attached hydrogen (secondary N) is 1. The first kappa shape index (κ1) is 20.4. The van der Waals surface area contributed by atoms with Crippen LogP contribution < -0.4 is 10.1 Å². The Kier molecular flexibility index (Phi) is 5.85. The Morgan fingerprint density at radius 2 is 1.61 bits per heavy atom. The van der Waals surface area contributed by atoms with Gasteiger partial charge in [-0.15, -0.1) is 0 Å². The second-order valence-electron chi connectivity index (χ2n) is 6.95. The topological polar surface area (TPSA) is 47.6 Å². The predicted molar refractivity (Wildman–Crippen MR) is 113 cm³/mol. The van der Waals surface area contributed by atoms with Crippen molar-refractivity contribution < 1.29 is 23.0 Å². The molecule has 3 aromatic rings. The van der Waals surface area contributed by atoms with Crippen LogP contribution in [0.2, 0.25) is 0 Å². The Balaban J connectivity index is 1.36. The fraction of sp³-hybridized carbons (Fsp3) is 0.160. The number of fused-ring (bicyclic) bond motifs is 3. The maximum absolute atomic E-state index is 13.4. The lowest BCUT2D eigenvalue weighted by molar-refractivity contribution is 0.144. The van der Waals surface area contributed by atoms with E-state index < -0.39 is 17.7 Å². The number of hydrogen-bond acceptors (Lipinski definition) is 3. The number of carbonyl (C=O) groups is 1. The first-order valence-corrected chi connectivity index (χ1v) is 9.69. The van der Waals surface area contributed by atoms with Crippen molar-refractivity contribution in [1.82, 2.24) is 5.32 Å². The van der Waals surface area contributed by atoms with Crippen molar-refractivity contribution in [3.63, 3.8) is 0 Å². The average Bonchev–Trinajstić information content (AvgIpc) is 3.11. The summed E-state index contributed by atoms with van der Waals surface area (Å²) in [4.78, 5) is 12.1. The molecule has 4 rings (SSSR count). The van der Waals surface area contributed by atoms with Crippen LogP contribution in [0.15, 0.2) is 60.7 Å². The monoisotopic (exact) mass is 419 g/mol. The second kappa shape index (κ2) is 8.88. The van der Waals surface area contributed by atoms with Crippen LogP contribution >= 0.6 is 0 Å². The SMILES string of the molecule is COc1cc(F)c(F)cc1C#CCNC(=O)OCC1c2ccccc2-c2ccccc21. The maximum atomic E-state index is 13.4. The normalized spacial score (nSPS) is 11.7. The van der Waals surface area contributed by atoms with E-state index in [9.17, 15) is 13.6 Å². The van der Waals surface area contributed by atoms with Crippen LogP contribution in [-0.4, -0.2) is 26.4 Å². The van der Waals surface area contributed by atoms with E-state index in [1.807, 2.05) is 36.4 Å². The van der Waals surface area contributed by atoms with Gasteiger partial charge in [-0.25, -0.2) is 13.6 Å². The number of methoxy groups -OCH3 is 1. The van der Waals surface area contributed by atoms with Gasteiger partial charge in [-0.3, -0.25) is 0 Å². The Labute approximate surface area is 178 Å². The zero-order valence-corrected chi connectivity index (χ0v) is 16.7. The highest BCUT2D eigenvalue weighted by Crippen LogP contribution is 2.44. The van der Waals surface area contributed by atoms with E-state index in [1.165, 1.54) is 7.11 Å². The van der Waals surface area contributed by atoms with Gasteiger partial charge in [0.1, 0.15) is 12.4 Å². The molecular formula is C25H19F2NO3. The predicted octanol–water partition coefficient (Wildman–Crippen LogP) is 4.86. The van der Waals surface area contributed by atoms with E-state index in [4.69, 9.17) is 9.47 Å². The first-order valence-electron chi connectivity index (χ1n) is 9.69. The number of halogens is 2. The van der Waals surface area contributed by atoms with Crippen LogP contribution in [-0.2, 0) is 4.74 Å². The van der Waals surface area contributed by atoms with Crippen molar-refractivity contribution in [2.45, 2.75) is 5.92 Å². The largest absolute Gasteiger partial charge is 0.495 e. The second-order valence-corrected chi connectivity index (χ2v) is 6.95. The molecular weight excluding hydrogens is 400 g/mol. The molecule has 0 aliphatic heterocycles. The molecule has 0 atom stereocenters. The molecule has 0 heterocycles. The van der Waals surface area contributed by atoms with Crippen LogP contribution in [0.25, 0.3) is 11.1 Å². The van der Waals surface area contributed by atoms with Crippen LogP contribution in [0.5, 0.6) is 5.75 Å². The van der Waals surface area contributed by atoms with Gasteiger partial charge >= 0.3 is 6.09 Å². The number of amides is 1. The van der Waals surface area contributed by atoms with E-state index in [1.54, 1.807) is 0 Å². The van der Waals surface area contributed by atoms with Gasteiger partial charge < -0.3 is 14.8 Å². The summed E-state index contributed by atoms with van der Waals surface area (Å²) in [5.74, 6) is 3.39. The zero-order chi connectivity index (χ0) is 21.8. The first-order chi connectivity index (χ1) is 15.1. The molecule has 0 bridgehead atoms. The van der Waals surface area contributed by atoms with Crippen molar-refractivity contribution in [2.24, 2.45) is 0 Å². The van der Waals surface area contributed by atoms with Gasteiger partial charge in [0.2, 0.25) is 0 Å². The summed E-state index contributed by atoms with van der Waals surface area (Å²) in [6, 6.07) is 18.0. The fourth-order valence-corrected chi connectivity index (χ4v) is 3.70. The van der Waals surface area contributed by atoms with Crippen molar-refractivity contribution in [1.29, 1.82) is 0 Å². The number of benzene rings is 3. The van der Waals surface area contributed by atoms with Crippen molar-refractivity contribution in [2.75, 3.05) is 20.3 Å². The highest BCUT2D eigenvalue weighted by Gasteiger charge is 2.28. The van der Waals surface area contributed by atoms with Gasteiger partial charge in [-0.2, -0.15) is 0 Å². The van der Waals surface area contributed by atoms with Gasteiger partial charge in [0, 0.05) is 12.0 Å². The van der Waals surface area contributed by atoms with Gasteiger partial charge in [0.15, 0.2) is 11.6 Å². The average molecular weight is 419 g/mol. The molecule has 1 N–H and O–H groups in total. The van der Waals surface area contributed by atoms with Gasteiger partial charge in [0.05, 0.1) is 19.2 Å². The smallest absolute Gasteiger partial charge is 0.407 e. The molecule has 0 saturated heterocycles. The third-order valence-corrected chi connectivity index (χ3v) is 5.13. The zero-order valence-electron chi connectivity index (χ0n) is 16.7. The fourth-order valence-electron chi connectivity index (χ4n) is 3.70.